The lowest BCUT2D eigenvalue weighted by Crippen LogP contribution is -2.38. The average molecular weight is 423 g/mol. The second kappa shape index (κ2) is 8.91. The Morgan fingerprint density at radius 1 is 1.16 bits per heavy atom. The van der Waals surface area contributed by atoms with Gasteiger partial charge in [-0.25, -0.2) is 4.98 Å². The van der Waals surface area contributed by atoms with Gasteiger partial charge in [0.2, 0.25) is 11.9 Å². The van der Waals surface area contributed by atoms with E-state index in [4.69, 9.17) is 0 Å². The van der Waals surface area contributed by atoms with E-state index in [1.807, 2.05) is 4.90 Å². The van der Waals surface area contributed by atoms with Crippen LogP contribution in [0.15, 0.2) is 29.1 Å². The first-order chi connectivity index (χ1) is 14.9. The van der Waals surface area contributed by atoms with Gasteiger partial charge in [0.15, 0.2) is 0 Å². The van der Waals surface area contributed by atoms with Gasteiger partial charge < -0.3 is 10.2 Å². The Morgan fingerprint density at radius 2 is 1.87 bits per heavy atom. The van der Waals surface area contributed by atoms with Crippen LogP contribution < -0.4 is 10.9 Å². The van der Waals surface area contributed by atoms with Crippen LogP contribution >= 0.6 is 0 Å². The van der Waals surface area contributed by atoms with Crippen LogP contribution in [-0.4, -0.2) is 43.5 Å². The molecular weight excluding hydrogens is 392 g/mol. The maximum atomic E-state index is 13.0. The van der Waals surface area contributed by atoms with Crippen molar-refractivity contribution in [1.29, 1.82) is 0 Å². The number of hydrogen-bond acceptors (Lipinski definition) is 5. The molecule has 1 aliphatic rings. The fraction of sp³-hybridized carbons (Fsp3) is 0.478. The molecule has 0 atom stereocenters. The van der Waals surface area contributed by atoms with E-state index in [-0.39, 0.29) is 11.5 Å². The summed E-state index contributed by atoms with van der Waals surface area (Å²) >= 11 is 0. The third kappa shape index (κ3) is 4.78. The average Bonchev–Trinajstić information content (AvgIpc) is 3.16. The van der Waals surface area contributed by atoms with E-state index in [0.29, 0.717) is 48.3 Å². The van der Waals surface area contributed by atoms with Gasteiger partial charge in [-0.15, -0.1) is 0 Å². The minimum Gasteiger partial charge on any atom is -0.351 e. The zero-order valence-corrected chi connectivity index (χ0v) is 18.4. The third-order valence-electron chi connectivity index (χ3n) is 6.10. The third-order valence-corrected chi connectivity index (χ3v) is 6.10. The summed E-state index contributed by atoms with van der Waals surface area (Å²) in [5, 5.41) is 6.20. The summed E-state index contributed by atoms with van der Waals surface area (Å²) in [6.45, 7) is 8.29. The fourth-order valence-electron chi connectivity index (χ4n) is 3.96. The number of amides is 1. The van der Waals surface area contributed by atoms with Crippen LogP contribution in [0, 0.1) is 19.8 Å². The first kappa shape index (κ1) is 21.1. The van der Waals surface area contributed by atoms with Crippen molar-refractivity contribution in [2.45, 2.75) is 53.0 Å². The molecule has 164 valence electrons. The number of nitrogens with zero attached hydrogens (tertiary/aromatic N) is 4. The van der Waals surface area contributed by atoms with Crippen LogP contribution in [0.5, 0.6) is 0 Å². The van der Waals surface area contributed by atoms with E-state index in [1.165, 1.54) is 10.1 Å². The molecule has 1 aliphatic heterocycles. The molecular formula is C23H30N6O2. The van der Waals surface area contributed by atoms with Gasteiger partial charge >= 0.3 is 0 Å². The molecule has 0 bridgehead atoms. The molecule has 1 aromatic carbocycles. The lowest BCUT2D eigenvalue weighted by Gasteiger charge is -2.30. The molecule has 1 fully saturated rings. The minimum absolute atomic E-state index is 0.112. The summed E-state index contributed by atoms with van der Waals surface area (Å²) < 4.78 is 1.35. The highest BCUT2D eigenvalue weighted by Crippen LogP contribution is 2.17. The molecule has 0 aliphatic carbocycles. The van der Waals surface area contributed by atoms with Gasteiger partial charge in [0.1, 0.15) is 0 Å². The summed E-state index contributed by atoms with van der Waals surface area (Å²) in [4.78, 5) is 36.4. The van der Waals surface area contributed by atoms with E-state index in [1.54, 1.807) is 6.92 Å². The normalized spacial score (nSPS) is 14.9. The SMILES string of the molecule is Cc1ccc(CNc2nc3nc(C)c(CCC(=O)N4CCC(C)CC4)c(=O)n3[nH]2)cc1. The lowest BCUT2D eigenvalue weighted by atomic mass is 9.98. The maximum Gasteiger partial charge on any atom is 0.277 e. The summed E-state index contributed by atoms with van der Waals surface area (Å²) in [6.07, 6.45) is 2.81. The van der Waals surface area contributed by atoms with Crippen molar-refractivity contribution < 1.29 is 4.79 Å². The largest absolute Gasteiger partial charge is 0.351 e. The Balaban J connectivity index is 1.45. The number of rotatable bonds is 6. The first-order valence-corrected chi connectivity index (χ1v) is 11.0. The van der Waals surface area contributed by atoms with Gasteiger partial charge in [-0.05, 0) is 44.6 Å². The summed E-state index contributed by atoms with van der Waals surface area (Å²) in [5.41, 5.74) is 3.32. The van der Waals surface area contributed by atoms with Crippen LogP contribution in [0.1, 0.15) is 48.6 Å². The Labute approximate surface area is 181 Å². The molecule has 0 spiro atoms. The predicted molar refractivity (Wildman–Crippen MR) is 120 cm³/mol. The summed E-state index contributed by atoms with van der Waals surface area (Å²) in [6, 6.07) is 8.22. The lowest BCUT2D eigenvalue weighted by molar-refractivity contribution is -0.132. The topological polar surface area (TPSA) is 95.4 Å². The molecule has 0 unspecified atom stereocenters. The maximum absolute atomic E-state index is 13.0. The number of nitrogens with one attached hydrogen (secondary N) is 2. The van der Waals surface area contributed by atoms with E-state index in [2.05, 4.69) is 58.5 Å². The van der Waals surface area contributed by atoms with Crippen molar-refractivity contribution >= 4 is 17.6 Å². The molecule has 0 radical (unpaired) electrons. The fourth-order valence-corrected chi connectivity index (χ4v) is 3.96. The minimum atomic E-state index is -0.196. The first-order valence-electron chi connectivity index (χ1n) is 11.0. The number of aryl methyl sites for hydroxylation is 2. The van der Waals surface area contributed by atoms with Gasteiger partial charge in [-0.2, -0.15) is 9.50 Å². The van der Waals surface area contributed by atoms with Gasteiger partial charge in [0, 0.05) is 31.6 Å². The van der Waals surface area contributed by atoms with Crippen molar-refractivity contribution in [2.75, 3.05) is 18.4 Å². The van der Waals surface area contributed by atoms with Crippen molar-refractivity contribution in [2.24, 2.45) is 5.92 Å². The quantitative estimate of drug-likeness (QED) is 0.637. The number of benzene rings is 1. The van der Waals surface area contributed by atoms with Gasteiger partial charge in [-0.3, -0.25) is 14.7 Å². The van der Waals surface area contributed by atoms with Crippen molar-refractivity contribution in [3.8, 4) is 0 Å². The molecule has 8 nitrogen and oxygen atoms in total. The second-order valence-electron chi connectivity index (χ2n) is 8.59. The molecule has 1 amide bonds. The zero-order valence-electron chi connectivity index (χ0n) is 18.4. The van der Waals surface area contributed by atoms with Crippen molar-refractivity contribution in [3.63, 3.8) is 0 Å². The molecule has 8 heteroatoms. The van der Waals surface area contributed by atoms with E-state index < -0.39 is 0 Å². The van der Waals surface area contributed by atoms with Gasteiger partial charge in [0.05, 0.1) is 5.69 Å². The number of carbonyl (C=O) groups excluding carboxylic acids is 1. The number of H-pyrrole nitrogens is 1. The number of likely N-dealkylation sites (tertiary alicyclic amines) is 1. The number of anilines is 1. The number of aromatic nitrogens is 4. The molecule has 31 heavy (non-hydrogen) atoms. The van der Waals surface area contributed by atoms with E-state index in [9.17, 15) is 9.59 Å². The van der Waals surface area contributed by atoms with Crippen LogP contribution in [0.2, 0.25) is 0 Å². The molecule has 3 heterocycles. The van der Waals surface area contributed by atoms with Gasteiger partial charge in [-0.1, -0.05) is 36.8 Å². The number of fused-ring (bicyclic) bond motifs is 1. The monoisotopic (exact) mass is 422 g/mol. The number of piperidine rings is 1. The van der Waals surface area contributed by atoms with Crippen LogP contribution in [0.4, 0.5) is 5.95 Å². The molecule has 4 rings (SSSR count). The molecule has 2 aromatic heterocycles. The van der Waals surface area contributed by atoms with Crippen molar-refractivity contribution in [1.82, 2.24) is 24.5 Å². The highest BCUT2D eigenvalue weighted by atomic mass is 16.2. The highest BCUT2D eigenvalue weighted by molar-refractivity contribution is 5.76. The van der Waals surface area contributed by atoms with Crippen LogP contribution in [0.3, 0.4) is 0 Å². The Hall–Kier alpha value is -3.16. The standard InChI is InChI=1S/C23H30N6O2/c1-15-4-6-18(7-5-15)14-24-22-26-23-25-17(3)19(21(31)29(23)27-22)8-9-20(30)28-12-10-16(2)11-13-28/h4-7,16H,8-14H2,1-3H3,(H2,24,25,26,27). The van der Waals surface area contributed by atoms with Crippen LogP contribution in [0.25, 0.3) is 5.78 Å². The smallest absolute Gasteiger partial charge is 0.277 e. The molecule has 3 aromatic rings. The Bertz CT molecular complexity index is 1120. The number of hydrogen-bond donors (Lipinski definition) is 2. The van der Waals surface area contributed by atoms with Gasteiger partial charge in [0.25, 0.3) is 11.3 Å². The van der Waals surface area contributed by atoms with Crippen LogP contribution in [-0.2, 0) is 17.8 Å². The molecule has 2 N–H and O–H groups in total. The Morgan fingerprint density at radius 3 is 2.58 bits per heavy atom. The number of carbonyl (C=O) groups is 1. The van der Waals surface area contributed by atoms with E-state index in [0.717, 1.165) is 31.5 Å². The predicted octanol–water partition coefficient (Wildman–Crippen LogP) is 2.84. The highest BCUT2D eigenvalue weighted by Gasteiger charge is 2.21. The van der Waals surface area contributed by atoms with E-state index >= 15 is 0 Å². The zero-order chi connectivity index (χ0) is 22.0. The number of aromatic amines is 1. The molecule has 0 saturated carbocycles. The summed E-state index contributed by atoms with van der Waals surface area (Å²) in [7, 11) is 0. The molecule has 1 saturated heterocycles. The van der Waals surface area contributed by atoms with Crippen molar-refractivity contribution in [3.05, 3.63) is 57.0 Å². The second-order valence-corrected chi connectivity index (χ2v) is 8.59. The summed E-state index contributed by atoms with van der Waals surface area (Å²) in [5.74, 6) is 1.60. The Kier molecular flexibility index (Phi) is 6.06.